The van der Waals surface area contributed by atoms with Crippen LogP contribution in [0.15, 0.2) is 73.8 Å². The largest absolute Gasteiger partial charge is 0.364 e. The Morgan fingerprint density at radius 3 is 1.96 bits per heavy atom. The average molecular weight is 354 g/mol. The summed E-state index contributed by atoms with van der Waals surface area (Å²) in [5, 5.41) is 10.2. The molecule has 2 aromatic rings. The molecule has 7 nitrogen and oxygen atoms in total. The Balaban J connectivity index is 0.000000273. The number of carbonyl (C=O) groups is 1. The van der Waals surface area contributed by atoms with Crippen LogP contribution in [0.2, 0.25) is 0 Å². The second-order valence-electron chi connectivity index (χ2n) is 5.14. The third-order valence-electron chi connectivity index (χ3n) is 3.34. The van der Waals surface area contributed by atoms with E-state index >= 15 is 0 Å². The number of nitrogens with one attached hydrogen (secondary N) is 1. The summed E-state index contributed by atoms with van der Waals surface area (Å²) in [6, 6.07) is 13.3. The molecule has 26 heavy (non-hydrogen) atoms. The lowest BCUT2D eigenvalue weighted by atomic mass is 10.2. The lowest BCUT2D eigenvalue weighted by Crippen LogP contribution is -2.22. The normalized spacial score (nSPS) is 9.27. The van der Waals surface area contributed by atoms with Crippen LogP contribution >= 0.6 is 0 Å². The van der Waals surface area contributed by atoms with Crippen molar-refractivity contribution in [3.63, 3.8) is 0 Å². The Labute approximate surface area is 152 Å². The van der Waals surface area contributed by atoms with E-state index in [9.17, 15) is 14.9 Å². The van der Waals surface area contributed by atoms with Gasteiger partial charge in [-0.05, 0) is 36.4 Å². The quantitative estimate of drug-likeness (QED) is 0.247. The Bertz CT molecular complexity index is 717. The molecule has 0 saturated carbocycles. The number of rotatable bonds is 8. The van der Waals surface area contributed by atoms with Gasteiger partial charge in [0.25, 0.3) is 5.69 Å². The lowest BCUT2D eigenvalue weighted by Gasteiger charge is -2.21. The summed E-state index contributed by atoms with van der Waals surface area (Å²) in [6.45, 7) is 8.96. The number of nitro groups is 1. The van der Waals surface area contributed by atoms with Crippen LogP contribution in [0.1, 0.15) is 10.4 Å². The molecule has 0 heterocycles. The van der Waals surface area contributed by atoms with Gasteiger partial charge in [-0.2, -0.15) is 0 Å². The number of benzene rings is 2. The molecule has 0 bridgehead atoms. The number of hydrogen-bond donors (Lipinski definition) is 2. The molecular weight excluding hydrogens is 332 g/mol. The fraction of sp³-hybridized carbons (Fsp3) is 0.105. The van der Waals surface area contributed by atoms with E-state index in [2.05, 4.69) is 23.5 Å². The fourth-order valence-electron chi connectivity index (χ4n) is 2.04. The molecule has 0 radical (unpaired) electrons. The molecule has 2 rings (SSSR count). The highest BCUT2D eigenvalue weighted by Crippen LogP contribution is 2.15. The Kier molecular flexibility index (Phi) is 8.84. The van der Waals surface area contributed by atoms with Crippen molar-refractivity contribution in [1.29, 1.82) is 0 Å². The highest BCUT2D eigenvalue weighted by Gasteiger charge is 2.02. The maximum atomic E-state index is 10.5. The maximum absolute atomic E-state index is 10.5. The molecule has 136 valence electrons. The summed E-state index contributed by atoms with van der Waals surface area (Å²) in [4.78, 5) is 22.3. The van der Waals surface area contributed by atoms with Gasteiger partial charge in [0.15, 0.2) is 0 Å². The Morgan fingerprint density at radius 2 is 1.58 bits per heavy atom. The number of nitrogen functional groups attached to an aromatic ring is 1. The molecule has 0 aliphatic carbocycles. The Morgan fingerprint density at radius 1 is 1.04 bits per heavy atom. The number of nitrogens with zero attached hydrogens (tertiary/aromatic N) is 2. The molecule has 0 atom stereocenters. The fourth-order valence-corrected chi connectivity index (χ4v) is 2.04. The van der Waals surface area contributed by atoms with Crippen molar-refractivity contribution in [3.8, 4) is 0 Å². The molecular formula is C19H22N4O3. The van der Waals surface area contributed by atoms with Crippen LogP contribution in [-0.2, 0) is 0 Å². The summed E-state index contributed by atoms with van der Waals surface area (Å²) >= 11 is 0. The first-order valence-corrected chi connectivity index (χ1v) is 7.78. The van der Waals surface area contributed by atoms with Gasteiger partial charge < -0.3 is 10.3 Å². The molecule has 0 amide bonds. The van der Waals surface area contributed by atoms with Crippen LogP contribution in [0.4, 0.5) is 17.1 Å². The van der Waals surface area contributed by atoms with E-state index in [0.717, 1.165) is 25.1 Å². The van der Waals surface area contributed by atoms with Gasteiger partial charge in [0, 0.05) is 42.2 Å². The van der Waals surface area contributed by atoms with Crippen molar-refractivity contribution in [2.45, 2.75) is 0 Å². The zero-order valence-corrected chi connectivity index (χ0v) is 14.4. The predicted octanol–water partition coefficient (Wildman–Crippen LogP) is 3.56. The third kappa shape index (κ3) is 6.58. The molecule has 0 aromatic heterocycles. The van der Waals surface area contributed by atoms with Crippen molar-refractivity contribution in [1.82, 2.24) is 0 Å². The van der Waals surface area contributed by atoms with Crippen molar-refractivity contribution >= 4 is 23.3 Å². The zero-order valence-electron chi connectivity index (χ0n) is 14.4. The van der Waals surface area contributed by atoms with Crippen LogP contribution in [0.3, 0.4) is 0 Å². The highest BCUT2D eigenvalue weighted by molar-refractivity contribution is 5.75. The summed E-state index contributed by atoms with van der Waals surface area (Å²) in [5.41, 5.74) is 4.84. The van der Waals surface area contributed by atoms with E-state index in [-0.39, 0.29) is 5.69 Å². The molecule has 0 spiro atoms. The van der Waals surface area contributed by atoms with E-state index in [1.165, 1.54) is 24.3 Å². The van der Waals surface area contributed by atoms with E-state index in [0.29, 0.717) is 11.3 Å². The molecule has 2 aromatic carbocycles. The van der Waals surface area contributed by atoms with Gasteiger partial charge in [-0.3, -0.25) is 20.8 Å². The first-order chi connectivity index (χ1) is 12.5. The van der Waals surface area contributed by atoms with Crippen LogP contribution in [0, 0.1) is 10.1 Å². The Hall–Kier alpha value is -3.45. The molecule has 0 aliphatic rings. The number of non-ortho nitro benzene ring substituents is 1. The van der Waals surface area contributed by atoms with Gasteiger partial charge >= 0.3 is 0 Å². The average Bonchev–Trinajstić information content (AvgIpc) is 2.68. The number of hydrogen-bond acceptors (Lipinski definition) is 6. The minimum absolute atomic E-state index is 0.0593. The third-order valence-corrected chi connectivity index (χ3v) is 3.34. The minimum Gasteiger partial charge on any atom is -0.364 e. The van der Waals surface area contributed by atoms with Crippen LogP contribution < -0.4 is 16.2 Å². The zero-order chi connectivity index (χ0) is 19.4. The molecule has 7 heteroatoms. The van der Waals surface area contributed by atoms with Crippen molar-refractivity contribution in [3.05, 3.63) is 89.5 Å². The van der Waals surface area contributed by atoms with Gasteiger partial charge in [0.1, 0.15) is 6.29 Å². The lowest BCUT2D eigenvalue weighted by molar-refractivity contribution is -0.384. The highest BCUT2D eigenvalue weighted by atomic mass is 16.6. The minimum atomic E-state index is -0.458. The first kappa shape index (κ1) is 20.6. The number of anilines is 2. The maximum Gasteiger partial charge on any atom is 0.269 e. The van der Waals surface area contributed by atoms with E-state index in [4.69, 9.17) is 5.84 Å². The number of carbonyl (C=O) groups excluding carboxylic acids is 1. The first-order valence-electron chi connectivity index (χ1n) is 7.78. The van der Waals surface area contributed by atoms with Crippen LogP contribution in [-0.4, -0.2) is 24.3 Å². The topological polar surface area (TPSA) is 102 Å². The summed E-state index contributed by atoms with van der Waals surface area (Å²) in [7, 11) is 0. The van der Waals surface area contributed by atoms with E-state index < -0.39 is 4.92 Å². The van der Waals surface area contributed by atoms with Gasteiger partial charge in [-0.25, -0.2) is 0 Å². The SMILES string of the molecule is C=CCN(CC=C)c1ccc(C=O)cc1.NNc1ccc([N+](=O)[O-])cc1. The second-order valence-corrected chi connectivity index (χ2v) is 5.14. The smallest absolute Gasteiger partial charge is 0.269 e. The van der Waals surface area contributed by atoms with Crippen LogP contribution in [0.5, 0.6) is 0 Å². The summed E-state index contributed by atoms with van der Waals surface area (Å²) < 4.78 is 0. The van der Waals surface area contributed by atoms with Crippen molar-refractivity contribution < 1.29 is 9.72 Å². The predicted molar refractivity (Wildman–Crippen MR) is 105 cm³/mol. The van der Waals surface area contributed by atoms with Gasteiger partial charge in [0.2, 0.25) is 0 Å². The van der Waals surface area contributed by atoms with E-state index in [1.807, 2.05) is 36.4 Å². The molecule has 0 unspecified atom stereocenters. The molecule has 0 fully saturated rings. The van der Waals surface area contributed by atoms with Gasteiger partial charge in [-0.1, -0.05) is 12.2 Å². The second kappa shape index (κ2) is 11.2. The summed E-state index contributed by atoms with van der Waals surface area (Å²) in [5.74, 6) is 5.06. The van der Waals surface area contributed by atoms with Gasteiger partial charge in [-0.15, -0.1) is 13.2 Å². The number of aldehydes is 1. The number of nitrogens with two attached hydrogens (primary N) is 1. The van der Waals surface area contributed by atoms with E-state index in [1.54, 1.807) is 0 Å². The molecule has 0 aliphatic heterocycles. The van der Waals surface area contributed by atoms with Crippen molar-refractivity contribution in [2.24, 2.45) is 5.84 Å². The van der Waals surface area contributed by atoms with Crippen LogP contribution in [0.25, 0.3) is 0 Å². The molecule has 0 saturated heterocycles. The van der Waals surface area contributed by atoms with Crippen molar-refractivity contribution in [2.75, 3.05) is 23.4 Å². The standard InChI is InChI=1S/C13H15NO.C6H7N3O2/c1-3-9-14(10-4-2)13-7-5-12(11-15)6-8-13;7-8-5-1-3-6(4-2-5)9(10)11/h3-8,11H,1-2,9-10H2;1-4,8H,7H2. The van der Waals surface area contributed by atoms with Gasteiger partial charge in [0.05, 0.1) is 4.92 Å². The number of hydrazine groups is 1. The monoisotopic (exact) mass is 354 g/mol. The number of nitro benzene ring substituents is 1. The molecule has 3 N–H and O–H groups in total. The summed E-state index contributed by atoms with van der Waals surface area (Å²) in [6.07, 6.45) is 4.53.